The Morgan fingerprint density at radius 3 is 2.55 bits per heavy atom. The van der Waals surface area contributed by atoms with Crippen LogP contribution in [0.4, 0.5) is 0 Å². The van der Waals surface area contributed by atoms with Gasteiger partial charge in [-0.1, -0.05) is 25.1 Å². The third kappa shape index (κ3) is 3.16. The Bertz CT molecular complexity index is 871. The first-order valence-corrected chi connectivity index (χ1v) is 11.5. The highest BCUT2D eigenvalue weighted by atomic mass is 16.6. The minimum atomic E-state index is -1.68. The molecule has 4 aliphatic rings. The molecule has 0 spiro atoms. The molecule has 1 aromatic rings. The lowest BCUT2D eigenvalue weighted by Gasteiger charge is -2.50. The van der Waals surface area contributed by atoms with Gasteiger partial charge < -0.3 is 30.3 Å². The fraction of sp³-hybridized carbons (Fsp3) is 0.708. The number of fused-ring (bicyclic) bond motifs is 5. The molecule has 0 radical (unpaired) electrons. The molecular formula is C24H32O7. The predicted molar refractivity (Wildman–Crippen MR) is 110 cm³/mol. The average molecular weight is 433 g/mol. The van der Waals surface area contributed by atoms with Gasteiger partial charge in [0.15, 0.2) is 6.10 Å². The van der Waals surface area contributed by atoms with Gasteiger partial charge in [-0.15, -0.1) is 0 Å². The van der Waals surface area contributed by atoms with Crippen molar-refractivity contribution >= 4 is 5.97 Å². The molecule has 0 aromatic heterocycles. The Labute approximate surface area is 181 Å². The summed E-state index contributed by atoms with van der Waals surface area (Å²) in [5, 5.41) is 50.4. The van der Waals surface area contributed by atoms with Crippen LogP contribution in [0.2, 0.25) is 0 Å². The topological polar surface area (TPSA) is 127 Å². The van der Waals surface area contributed by atoms with Gasteiger partial charge in [0.25, 0.3) is 0 Å². The van der Waals surface area contributed by atoms with Crippen LogP contribution in [0.3, 0.4) is 0 Å². The summed E-state index contributed by atoms with van der Waals surface area (Å²) in [7, 11) is 0. The van der Waals surface area contributed by atoms with Crippen LogP contribution in [-0.4, -0.2) is 62.0 Å². The van der Waals surface area contributed by atoms with Crippen LogP contribution in [0.15, 0.2) is 18.2 Å². The van der Waals surface area contributed by atoms with Crippen LogP contribution in [-0.2, 0) is 16.0 Å². The molecule has 0 unspecified atom stereocenters. The van der Waals surface area contributed by atoms with Crippen molar-refractivity contribution < 1.29 is 35.1 Å². The van der Waals surface area contributed by atoms with Gasteiger partial charge in [0, 0.05) is 0 Å². The van der Waals surface area contributed by atoms with Gasteiger partial charge >= 0.3 is 5.97 Å². The van der Waals surface area contributed by atoms with E-state index in [1.807, 2.05) is 12.1 Å². The smallest absolute Gasteiger partial charge is 0.335 e. The largest absolute Gasteiger partial charge is 0.479 e. The summed E-state index contributed by atoms with van der Waals surface area (Å²) in [5.41, 5.74) is 3.15. The normalized spacial score (nSPS) is 46.7. The van der Waals surface area contributed by atoms with E-state index in [-0.39, 0.29) is 11.5 Å². The predicted octanol–water partition coefficient (Wildman–Crippen LogP) is 1.51. The van der Waals surface area contributed by atoms with Gasteiger partial charge in [0.05, 0.1) is 6.10 Å². The summed E-state index contributed by atoms with van der Waals surface area (Å²) in [5.74, 6) is 0.204. The number of benzene rings is 1. The maximum Gasteiger partial charge on any atom is 0.335 e. The third-order valence-electron chi connectivity index (χ3n) is 8.89. The molecule has 1 saturated heterocycles. The quantitative estimate of drug-likeness (QED) is 0.479. The van der Waals surface area contributed by atoms with Gasteiger partial charge in [-0.25, -0.2) is 4.79 Å². The maximum absolute atomic E-state index is 11.4. The van der Waals surface area contributed by atoms with Gasteiger partial charge in [0.1, 0.15) is 24.4 Å². The Morgan fingerprint density at radius 2 is 1.81 bits per heavy atom. The molecule has 3 aliphatic carbocycles. The maximum atomic E-state index is 11.4. The second-order valence-corrected chi connectivity index (χ2v) is 10.3. The van der Waals surface area contributed by atoms with Crippen LogP contribution in [0, 0.1) is 17.3 Å². The van der Waals surface area contributed by atoms with Crippen molar-refractivity contribution in [3.05, 3.63) is 34.9 Å². The highest BCUT2D eigenvalue weighted by Gasteiger charge is 2.54. The Hall–Kier alpha value is -1.51. The monoisotopic (exact) mass is 432 g/mol. The van der Waals surface area contributed by atoms with Crippen LogP contribution in [0.25, 0.3) is 0 Å². The molecule has 5 rings (SSSR count). The van der Waals surface area contributed by atoms with E-state index in [0.29, 0.717) is 23.3 Å². The molecule has 1 aromatic carbocycles. The fourth-order valence-electron chi connectivity index (χ4n) is 7.11. The molecule has 5 N–H and O–H groups in total. The summed E-state index contributed by atoms with van der Waals surface area (Å²) in [6.07, 6.45) is -1.47. The number of aliphatic hydroxyl groups excluding tert-OH is 4. The van der Waals surface area contributed by atoms with E-state index in [1.54, 1.807) is 0 Å². The van der Waals surface area contributed by atoms with Crippen LogP contribution >= 0.6 is 0 Å². The molecular weight excluding hydrogens is 400 g/mol. The number of hydrogen-bond acceptors (Lipinski definition) is 6. The zero-order chi connectivity index (χ0) is 22.1. The number of aryl methyl sites for hydroxylation is 1. The van der Waals surface area contributed by atoms with E-state index in [2.05, 4.69) is 13.0 Å². The van der Waals surface area contributed by atoms with Gasteiger partial charge in [-0.3, -0.25) is 0 Å². The van der Waals surface area contributed by atoms with Crippen molar-refractivity contribution in [1.82, 2.24) is 0 Å². The first-order valence-electron chi connectivity index (χ1n) is 11.5. The second kappa shape index (κ2) is 7.52. The van der Waals surface area contributed by atoms with E-state index < -0.39 is 36.5 Å². The molecule has 31 heavy (non-hydrogen) atoms. The molecule has 0 bridgehead atoms. The SMILES string of the molecule is C[C@]12CC[C@@H]3c4ccc([C@@H]5O[C@H](C(=O)O)[C@@H](O)[C@H](O)[C@H]5O)cc4CC[C@H]3[C@@H]1CC[C@@H]2O. The number of carboxylic acid groups (broad SMARTS) is 1. The number of aliphatic hydroxyl groups is 4. The first-order chi connectivity index (χ1) is 14.7. The minimum Gasteiger partial charge on any atom is -0.479 e. The molecule has 0 amide bonds. The van der Waals surface area contributed by atoms with E-state index in [1.165, 1.54) is 11.1 Å². The Kier molecular flexibility index (Phi) is 5.18. The molecule has 3 fully saturated rings. The lowest BCUT2D eigenvalue weighted by Crippen LogP contribution is -2.56. The number of carbonyl (C=O) groups is 1. The van der Waals surface area contributed by atoms with Gasteiger partial charge in [-0.05, 0) is 78.4 Å². The van der Waals surface area contributed by atoms with Crippen molar-refractivity contribution in [1.29, 1.82) is 0 Å². The summed E-state index contributed by atoms with van der Waals surface area (Å²) >= 11 is 0. The molecule has 1 heterocycles. The summed E-state index contributed by atoms with van der Waals surface area (Å²) in [6, 6.07) is 5.90. The van der Waals surface area contributed by atoms with Crippen molar-refractivity contribution in [3.8, 4) is 0 Å². The number of aliphatic carboxylic acids is 1. The van der Waals surface area contributed by atoms with Crippen LogP contribution in [0.5, 0.6) is 0 Å². The molecule has 7 heteroatoms. The van der Waals surface area contributed by atoms with Crippen molar-refractivity contribution in [2.75, 3.05) is 0 Å². The van der Waals surface area contributed by atoms with Crippen molar-refractivity contribution in [2.24, 2.45) is 17.3 Å². The minimum absolute atomic E-state index is 0.0292. The second-order valence-electron chi connectivity index (χ2n) is 10.3. The summed E-state index contributed by atoms with van der Waals surface area (Å²) in [6.45, 7) is 2.25. The lowest BCUT2D eigenvalue weighted by molar-refractivity contribution is -0.229. The van der Waals surface area contributed by atoms with Crippen molar-refractivity contribution in [3.63, 3.8) is 0 Å². The summed E-state index contributed by atoms with van der Waals surface area (Å²) < 4.78 is 5.52. The van der Waals surface area contributed by atoms with E-state index in [9.17, 15) is 30.3 Å². The number of hydrogen-bond donors (Lipinski definition) is 5. The number of ether oxygens (including phenoxy) is 1. The molecule has 2 saturated carbocycles. The van der Waals surface area contributed by atoms with E-state index in [4.69, 9.17) is 4.74 Å². The van der Waals surface area contributed by atoms with Gasteiger partial charge in [0.2, 0.25) is 0 Å². The average Bonchev–Trinajstić information content (AvgIpc) is 3.06. The molecule has 10 atom stereocenters. The molecule has 7 nitrogen and oxygen atoms in total. The van der Waals surface area contributed by atoms with E-state index in [0.717, 1.165) is 38.5 Å². The summed E-state index contributed by atoms with van der Waals surface area (Å²) in [4.78, 5) is 11.4. The highest BCUT2D eigenvalue weighted by molar-refractivity contribution is 5.73. The first kappa shape index (κ1) is 21.3. The fourth-order valence-corrected chi connectivity index (χ4v) is 7.11. The van der Waals surface area contributed by atoms with Crippen LogP contribution < -0.4 is 0 Å². The number of carboxylic acids is 1. The Balaban J connectivity index is 1.42. The zero-order valence-electron chi connectivity index (χ0n) is 17.7. The van der Waals surface area contributed by atoms with Gasteiger partial charge in [-0.2, -0.15) is 0 Å². The number of rotatable bonds is 2. The zero-order valence-corrected chi connectivity index (χ0v) is 17.7. The standard InChI is InChI=1S/C24H32O7/c1-24-9-8-14-13-4-3-12(21-19(27)18(26)20(28)22(31-21)23(29)30)10-11(13)2-5-15(14)16(24)6-7-17(24)25/h3-4,10,14-22,25-28H,2,5-9H2,1H3,(H,29,30)/t14-,15-,16+,17+,18-,19-,20+,21+,22+,24+/m1/s1. The van der Waals surface area contributed by atoms with Crippen LogP contribution in [0.1, 0.15) is 67.7 Å². The van der Waals surface area contributed by atoms with E-state index >= 15 is 0 Å². The molecule has 170 valence electrons. The third-order valence-corrected chi connectivity index (χ3v) is 8.89. The highest BCUT2D eigenvalue weighted by Crippen LogP contribution is 2.60. The van der Waals surface area contributed by atoms with Crippen molar-refractivity contribution in [2.45, 2.75) is 88.0 Å². The molecule has 1 aliphatic heterocycles. The Morgan fingerprint density at radius 1 is 1.03 bits per heavy atom. The lowest BCUT2D eigenvalue weighted by atomic mass is 9.55.